The van der Waals surface area contributed by atoms with Gasteiger partial charge in [0.05, 0.1) is 0 Å². The average molecular weight is 288 g/mol. The van der Waals surface area contributed by atoms with Gasteiger partial charge in [-0.25, -0.2) is 5.43 Å². The molecule has 0 fully saturated rings. The summed E-state index contributed by atoms with van der Waals surface area (Å²) in [5, 5.41) is 3.99. The van der Waals surface area contributed by atoms with Gasteiger partial charge in [0.2, 0.25) is 5.91 Å². The third-order valence-electron chi connectivity index (χ3n) is 3.44. The molecule has 0 saturated carbocycles. The SMILES string of the molecule is CCCCCCCCC(=O)N/N=C/CCc1ccccc1. The van der Waals surface area contributed by atoms with Gasteiger partial charge < -0.3 is 0 Å². The molecule has 0 aromatic heterocycles. The highest BCUT2D eigenvalue weighted by Gasteiger charge is 1.98. The Kier molecular flexibility index (Phi) is 10.1. The third-order valence-corrected chi connectivity index (χ3v) is 3.44. The van der Waals surface area contributed by atoms with E-state index in [-0.39, 0.29) is 5.91 Å². The summed E-state index contributed by atoms with van der Waals surface area (Å²) in [6.07, 6.45) is 11.4. The van der Waals surface area contributed by atoms with Gasteiger partial charge in [0.15, 0.2) is 0 Å². The first-order valence-corrected chi connectivity index (χ1v) is 8.17. The highest BCUT2D eigenvalue weighted by atomic mass is 16.2. The van der Waals surface area contributed by atoms with Gasteiger partial charge in [0.25, 0.3) is 0 Å². The minimum atomic E-state index is 0.0291. The number of amides is 1. The zero-order valence-electron chi connectivity index (χ0n) is 13.2. The molecule has 0 aliphatic carbocycles. The monoisotopic (exact) mass is 288 g/mol. The molecule has 1 aromatic rings. The van der Waals surface area contributed by atoms with E-state index in [9.17, 15) is 4.79 Å². The number of hydrazone groups is 1. The van der Waals surface area contributed by atoms with E-state index in [1.54, 1.807) is 6.21 Å². The van der Waals surface area contributed by atoms with Crippen LogP contribution in [-0.4, -0.2) is 12.1 Å². The van der Waals surface area contributed by atoms with E-state index < -0.39 is 0 Å². The maximum atomic E-state index is 11.5. The fraction of sp³-hybridized carbons (Fsp3) is 0.556. The zero-order valence-corrected chi connectivity index (χ0v) is 13.2. The fourth-order valence-electron chi connectivity index (χ4n) is 2.18. The van der Waals surface area contributed by atoms with Crippen molar-refractivity contribution in [3.63, 3.8) is 0 Å². The highest BCUT2D eigenvalue weighted by Crippen LogP contribution is 2.06. The summed E-state index contributed by atoms with van der Waals surface area (Å²) in [4.78, 5) is 11.5. The lowest BCUT2D eigenvalue weighted by molar-refractivity contribution is -0.121. The average Bonchev–Trinajstić information content (AvgIpc) is 2.51. The zero-order chi connectivity index (χ0) is 15.2. The molecule has 0 atom stereocenters. The Morgan fingerprint density at radius 2 is 1.81 bits per heavy atom. The molecular weight excluding hydrogens is 260 g/mol. The maximum Gasteiger partial charge on any atom is 0.240 e. The molecule has 116 valence electrons. The number of carbonyl (C=O) groups excluding carboxylic acids is 1. The summed E-state index contributed by atoms with van der Waals surface area (Å²) in [5.41, 5.74) is 3.90. The summed E-state index contributed by atoms with van der Waals surface area (Å²) in [5.74, 6) is 0.0291. The molecule has 1 N–H and O–H groups in total. The molecule has 1 amide bonds. The van der Waals surface area contributed by atoms with Crippen molar-refractivity contribution in [2.45, 2.75) is 64.7 Å². The van der Waals surface area contributed by atoms with Crippen molar-refractivity contribution >= 4 is 12.1 Å². The molecule has 0 spiro atoms. The third kappa shape index (κ3) is 9.83. The van der Waals surface area contributed by atoms with Crippen LogP contribution in [0.3, 0.4) is 0 Å². The van der Waals surface area contributed by atoms with Gasteiger partial charge >= 0.3 is 0 Å². The minimum Gasteiger partial charge on any atom is -0.273 e. The van der Waals surface area contributed by atoms with Crippen molar-refractivity contribution in [3.8, 4) is 0 Å². The van der Waals surface area contributed by atoms with E-state index >= 15 is 0 Å². The fourth-order valence-corrected chi connectivity index (χ4v) is 2.18. The summed E-state index contributed by atoms with van der Waals surface area (Å²) in [7, 11) is 0. The molecule has 0 radical (unpaired) electrons. The number of unbranched alkanes of at least 4 members (excludes halogenated alkanes) is 5. The van der Waals surface area contributed by atoms with Crippen LogP contribution in [0.5, 0.6) is 0 Å². The Morgan fingerprint density at radius 1 is 1.10 bits per heavy atom. The first-order valence-electron chi connectivity index (χ1n) is 8.17. The summed E-state index contributed by atoms with van der Waals surface area (Å²) >= 11 is 0. The summed E-state index contributed by atoms with van der Waals surface area (Å²) in [6, 6.07) is 10.3. The van der Waals surface area contributed by atoms with Crippen LogP contribution < -0.4 is 5.43 Å². The van der Waals surface area contributed by atoms with Crippen molar-refractivity contribution in [2.75, 3.05) is 0 Å². The van der Waals surface area contributed by atoms with Gasteiger partial charge in [-0.3, -0.25) is 4.79 Å². The van der Waals surface area contributed by atoms with Gasteiger partial charge in [-0.2, -0.15) is 5.10 Å². The topological polar surface area (TPSA) is 41.5 Å². The molecule has 21 heavy (non-hydrogen) atoms. The number of benzene rings is 1. The van der Waals surface area contributed by atoms with Crippen LogP contribution >= 0.6 is 0 Å². The van der Waals surface area contributed by atoms with E-state index in [1.165, 1.54) is 31.2 Å². The molecule has 0 saturated heterocycles. The van der Waals surface area contributed by atoms with Crippen LogP contribution in [0.2, 0.25) is 0 Å². The molecule has 0 aliphatic rings. The van der Waals surface area contributed by atoms with Crippen LogP contribution in [0.25, 0.3) is 0 Å². The van der Waals surface area contributed by atoms with Crippen LogP contribution in [0.4, 0.5) is 0 Å². The molecule has 3 heteroatoms. The normalized spacial score (nSPS) is 10.9. The predicted molar refractivity (Wildman–Crippen MR) is 89.4 cm³/mol. The summed E-state index contributed by atoms with van der Waals surface area (Å²) in [6.45, 7) is 2.21. The molecule has 3 nitrogen and oxygen atoms in total. The largest absolute Gasteiger partial charge is 0.273 e. The van der Waals surface area contributed by atoms with Gasteiger partial charge in [-0.15, -0.1) is 0 Å². The van der Waals surface area contributed by atoms with E-state index in [1.807, 2.05) is 18.2 Å². The number of carbonyl (C=O) groups is 1. The van der Waals surface area contributed by atoms with Crippen LogP contribution in [0.1, 0.15) is 63.9 Å². The second-order valence-corrected chi connectivity index (χ2v) is 5.39. The maximum absolute atomic E-state index is 11.5. The lowest BCUT2D eigenvalue weighted by Crippen LogP contribution is -2.16. The van der Waals surface area contributed by atoms with Gasteiger partial charge in [0.1, 0.15) is 0 Å². The molecule has 0 bridgehead atoms. The molecule has 0 aliphatic heterocycles. The highest BCUT2D eigenvalue weighted by molar-refractivity contribution is 5.76. The smallest absolute Gasteiger partial charge is 0.240 e. The van der Waals surface area contributed by atoms with Crippen LogP contribution in [0, 0.1) is 0 Å². The van der Waals surface area contributed by atoms with Gasteiger partial charge in [-0.05, 0) is 24.8 Å². The molecular formula is C18H28N2O. The predicted octanol–water partition coefficient (Wildman–Crippen LogP) is 4.47. The Morgan fingerprint density at radius 3 is 2.57 bits per heavy atom. The second kappa shape index (κ2) is 12.1. The number of nitrogens with one attached hydrogen (secondary N) is 1. The molecule has 1 aromatic carbocycles. The molecule has 0 unspecified atom stereocenters. The minimum absolute atomic E-state index is 0.0291. The number of nitrogens with zero attached hydrogens (tertiary/aromatic N) is 1. The number of hydrogen-bond donors (Lipinski definition) is 1. The van der Waals surface area contributed by atoms with Crippen molar-refractivity contribution < 1.29 is 4.79 Å². The van der Waals surface area contributed by atoms with Crippen molar-refractivity contribution in [1.82, 2.24) is 5.43 Å². The first-order chi connectivity index (χ1) is 10.3. The summed E-state index contributed by atoms with van der Waals surface area (Å²) < 4.78 is 0. The number of aryl methyl sites for hydroxylation is 1. The quantitative estimate of drug-likeness (QED) is 0.364. The van der Waals surface area contributed by atoms with Crippen molar-refractivity contribution in [3.05, 3.63) is 35.9 Å². The number of hydrogen-bond acceptors (Lipinski definition) is 2. The van der Waals surface area contributed by atoms with Crippen LogP contribution in [-0.2, 0) is 11.2 Å². The van der Waals surface area contributed by atoms with Crippen LogP contribution in [0.15, 0.2) is 35.4 Å². The van der Waals surface area contributed by atoms with Crippen molar-refractivity contribution in [2.24, 2.45) is 5.10 Å². The van der Waals surface area contributed by atoms with E-state index in [0.717, 1.165) is 25.7 Å². The number of rotatable bonds is 11. The molecule has 0 heterocycles. The Bertz CT molecular complexity index is 401. The Balaban J connectivity index is 1.98. The van der Waals surface area contributed by atoms with Crippen molar-refractivity contribution in [1.29, 1.82) is 0 Å². The Labute approximate surface area is 128 Å². The van der Waals surface area contributed by atoms with E-state index in [0.29, 0.717) is 6.42 Å². The van der Waals surface area contributed by atoms with E-state index in [2.05, 4.69) is 29.6 Å². The second-order valence-electron chi connectivity index (χ2n) is 5.39. The molecule has 1 rings (SSSR count). The lowest BCUT2D eigenvalue weighted by atomic mass is 10.1. The Hall–Kier alpha value is -1.64. The van der Waals surface area contributed by atoms with Gasteiger partial charge in [-0.1, -0.05) is 69.4 Å². The lowest BCUT2D eigenvalue weighted by Gasteiger charge is -2.01. The van der Waals surface area contributed by atoms with Gasteiger partial charge in [0, 0.05) is 12.6 Å². The standard InChI is InChI=1S/C18H28N2O/c1-2-3-4-5-6-10-15-18(21)20-19-16-11-14-17-12-8-7-9-13-17/h7-9,12-13,16H,2-6,10-11,14-15H2,1H3,(H,20,21)/b19-16+. The van der Waals surface area contributed by atoms with E-state index in [4.69, 9.17) is 0 Å². The first kappa shape index (κ1) is 17.4.